The lowest BCUT2D eigenvalue weighted by molar-refractivity contribution is -0.111. The molecule has 7 nitrogen and oxygen atoms in total. The molecule has 3 aromatic carbocycles. The number of anilines is 3. The zero-order valence-corrected chi connectivity index (χ0v) is 18.5. The fraction of sp³-hybridized carbons (Fsp3) is 0.154. The Morgan fingerprint density at radius 1 is 0.970 bits per heavy atom. The van der Waals surface area contributed by atoms with Gasteiger partial charge < -0.3 is 20.9 Å². The first-order chi connectivity index (χ1) is 15.8. The van der Waals surface area contributed by atoms with E-state index in [1.54, 1.807) is 54.6 Å². The molecular weight excluding hydrogens is 418 g/mol. The van der Waals surface area contributed by atoms with E-state index in [4.69, 9.17) is 10.5 Å². The third-order valence-corrected chi connectivity index (χ3v) is 5.00. The molecule has 0 radical (unpaired) electrons. The Bertz CT molecular complexity index is 1130. The van der Waals surface area contributed by atoms with Gasteiger partial charge in [-0.05, 0) is 55.0 Å². The molecule has 0 spiro atoms. The van der Waals surface area contributed by atoms with E-state index in [9.17, 15) is 14.7 Å². The van der Waals surface area contributed by atoms with Crippen LogP contribution < -0.4 is 16.4 Å². The maximum atomic E-state index is 12.6. The molecule has 3 aromatic rings. The van der Waals surface area contributed by atoms with Gasteiger partial charge in [-0.25, -0.2) is 4.79 Å². The Morgan fingerprint density at radius 2 is 1.64 bits per heavy atom. The van der Waals surface area contributed by atoms with Gasteiger partial charge in [-0.3, -0.25) is 10.1 Å². The Kier molecular flexibility index (Phi) is 7.70. The van der Waals surface area contributed by atoms with Crippen molar-refractivity contribution in [1.29, 1.82) is 0 Å². The van der Waals surface area contributed by atoms with Gasteiger partial charge in [0.1, 0.15) is 11.9 Å². The molecule has 7 heteroatoms. The van der Waals surface area contributed by atoms with Crippen molar-refractivity contribution in [1.82, 2.24) is 0 Å². The van der Waals surface area contributed by atoms with Gasteiger partial charge in [-0.1, -0.05) is 55.0 Å². The topological polar surface area (TPSA) is 114 Å². The van der Waals surface area contributed by atoms with E-state index < -0.39 is 12.2 Å². The van der Waals surface area contributed by atoms with Crippen LogP contribution in [-0.4, -0.2) is 17.1 Å². The van der Waals surface area contributed by atoms with Crippen LogP contribution in [0.15, 0.2) is 84.9 Å². The van der Waals surface area contributed by atoms with Crippen LogP contribution in [0.3, 0.4) is 0 Å². The molecule has 0 aliphatic carbocycles. The van der Waals surface area contributed by atoms with Crippen molar-refractivity contribution in [3.63, 3.8) is 0 Å². The number of benzene rings is 3. The summed E-state index contributed by atoms with van der Waals surface area (Å²) in [6, 6.07) is 20.7. The molecule has 0 unspecified atom stereocenters. The van der Waals surface area contributed by atoms with Crippen LogP contribution in [-0.2, 0) is 9.53 Å². The summed E-state index contributed by atoms with van der Waals surface area (Å²) < 4.78 is 5.71. The molecule has 0 bridgehead atoms. The third kappa shape index (κ3) is 6.87. The Hall–Kier alpha value is -4.26. The number of phenolic OH excluding ortho intramolecular Hbond substituents is 1. The van der Waals surface area contributed by atoms with Crippen LogP contribution in [0.1, 0.15) is 24.2 Å². The van der Waals surface area contributed by atoms with Gasteiger partial charge in [0.05, 0.1) is 11.4 Å². The first-order valence-electron chi connectivity index (χ1n) is 10.5. The maximum absolute atomic E-state index is 12.6. The quantitative estimate of drug-likeness (QED) is 0.287. The van der Waals surface area contributed by atoms with Crippen molar-refractivity contribution < 1.29 is 19.4 Å². The van der Waals surface area contributed by atoms with Gasteiger partial charge >= 0.3 is 6.09 Å². The average Bonchev–Trinajstić information content (AvgIpc) is 2.80. The lowest BCUT2D eigenvalue weighted by atomic mass is 9.96. The van der Waals surface area contributed by atoms with Gasteiger partial charge in [-0.15, -0.1) is 0 Å². The molecule has 5 N–H and O–H groups in total. The number of para-hydroxylation sites is 2. The molecule has 2 atom stereocenters. The number of ether oxygens (including phenoxy) is 1. The minimum Gasteiger partial charge on any atom is -0.508 e. The number of nitrogen functional groups attached to an aromatic ring is 1. The number of aromatic hydroxyl groups is 1. The van der Waals surface area contributed by atoms with Crippen LogP contribution in [0, 0.1) is 12.8 Å². The van der Waals surface area contributed by atoms with E-state index in [-0.39, 0.29) is 17.6 Å². The second-order valence-corrected chi connectivity index (χ2v) is 7.70. The number of hydrogen-bond acceptors (Lipinski definition) is 5. The fourth-order valence-corrected chi connectivity index (χ4v) is 3.17. The largest absolute Gasteiger partial charge is 0.508 e. The summed E-state index contributed by atoms with van der Waals surface area (Å²) in [7, 11) is 0. The van der Waals surface area contributed by atoms with E-state index in [2.05, 4.69) is 10.6 Å². The predicted molar refractivity (Wildman–Crippen MR) is 130 cm³/mol. The normalized spacial score (nSPS) is 12.7. The highest BCUT2D eigenvalue weighted by Crippen LogP contribution is 2.29. The van der Waals surface area contributed by atoms with Gasteiger partial charge in [0.15, 0.2) is 0 Å². The van der Waals surface area contributed by atoms with Crippen molar-refractivity contribution in [3.8, 4) is 5.75 Å². The summed E-state index contributed by atoms with van der Waals surface area (Å²) >= 11 is 0. The Balaban J connectivity index is 1.72. The molecule has 0 heterocycles. The fourth-order valence-electron chi connectivity index (χ4n) is 3.17. The number of hydrogen-bond donors (Lipinski definition) is 4. The lowest BCUT2D eigenvalue weighted by Gasteiger charge is -2.23. The number of nitrogens with two attached hydrogens (primary N) is 1. The van der Waals surface area contributed by atoms with E-state index in [1.807, 2.05) is 26.0 Å². The third-order valence-electron chi connectivity index (χ3n) is 5.00. The second kappa shape index (κ2) is 10.9. The first kappa shape index (κ1) is 23.4. The number of phenols is 1. The number of nitrogens with one attached hydrogen (secondary N) is 2. The molecule has 0 aliphatic rings. The molecular formula is C26H27N3O4. The number of aryl methyl sites for hydroxylation is 1. The molecule has 170 valence electrons. The van der Waals surface area contributed by atoms with E-state index >= 15 is 0 Å². The van der Waals surface area contributed by atoms with E-state index in [0.717, 1.165) is 5.56 Å². The standard InChI is InChI=1S/C26H27N3O4/c1-17-7-12-20(13-8-17)28-26(32)33-25(19-10-14-21(30)15-11-19)18(2)9-16-24(31)29-23-6-4-3-5-22(23)27/h3-16,18,25,30H,27H2,1-2H3,(H,28,32)(H,29,31)/b16-9+/t18-,25-/m0/s1. The zero-order chi connectivity index (χ0) is 23.8. The van der Waals surface area contributed by atoms with Crippen molar-refractivity contribution in [2.24, 2.45) is 5.92 Å². The van der Waals surface area contributed by atoms with Crippen LogP contribution in [0.2, 0.25) is 0 Å². The van der Waals surface area contributed by atoms with Crippen LogP contribution >= 0.6 is 0 Å². The van der Waals surface area contributed by atoms with Crippen molar-refractivity contribution in [2.75, 3.05) is 16.4 Å². The zero-order valence-electron chi connectivity index (χ0n) is 18.5. The summed E-state index contributed by atoms with van der Waals surface area (Å²) in [5, 5.41) is 15.1. The molecule has 33 heavy (non-hydrogen) atoms. The summed E-state index contributed by atoms with van der Waals surface area (Å²) in [5.41, 5.74) is 9.21. The highest BCUT2D eigenvalue weighted by atomic mass is 16.6. The van der Waals surface area contributed by atoms with Crippen molar-refractivity contribution in [2.45, 2.75) is 20.0 Å². The maximum Gasteiger partial charge on any atom is 0.412 e. The SMILES string of the molecule is Cc1ccc(NC(=O)O[C@H](c2ccc(O)cc2)[C@@H](C)/C=C/C(=O)Nc2ccccc2N)cc1. The molecule has 0 saturated heterocycles. The van der Waals surface area contributed by atoms with Gasteiger partial charge in [0.25, 0.3) is 0 Å². The van der Waals surface area contributed by atoms with Crippen LogP contribution in [0.5, 0.6) is 5.75 Å². The Morgan fingerprint density at radius 3 is 2.30 bits per heavy atom. The molecule has 3 rings (SSSR count). The van der Waals surface area contributed by atoms with Crippen LogP contribution in [0.4, 0.5) is 21.9 Å². The van der Waals surface area contributed by atoms with Crippen molar-refractivity contribution in [3.05, 3.63) is 96.1 Å². The highest BCUT2D eigenvalue weighted by Gasteiger charge is 2.22. The summed E-state index contributed by atoms with van der Waals surface area (Å²) in [6.07, 6.45) is 1.72. The smallest absolute Gasteiger partial charge is 0.412 e. The molecule has 0 saturated carbocycles. The predicted octanol–water partition coefficient (Wildman–Crippen LogP) is 5.40. The molecule has 2 amide bonds. The minimum atomic E-state index is -0.693. The van der Waals surface area contributed by atoms with Crippen molar-refractivity contribution >= 4 is 29.1 Å². The highest BCUT2D eigenvalue weighted by molar-refractivity contribution is 6.01. The Labute approximate surface area is 192 Å². The van der Waals surface area contributed by atoms with Gasteiger partial charge in [0.2, 0.25) is 5.91 Å². The number of amides is 2. The number of rotatable bonds is 7. The molecule has 0 fully saturated rings. The summed E-state index contributed by atoms with van der Waals surface area (Å²) in [4.78, 5) is 24.9. The van der Waals surface area contributed by atoms with Crippen LogP contribution in [0.25, 0.3) is 0 Å². The average molecular weight is 446 g/mol. The monoisotopic (exact) mass is 445 g/mol. The number of carbonyl (C=O) groups excluding carboxylic acids is 2. The van der Waals surface area contributed by atoms with E-state index in [0.29, 0.717) is 22.6 Å². The molecule has 0 aliphatic heterocycles. The minimum absolute atomic E-state index is 0.102. The van der Waals surface area contributed by atoms with E-state index in [1.165, 1.54) is 18.2 Å². The summed E-state index contributed by atoms with van der Waals surface area (Å²) in [6.45, 7) is 3.79. The second-order valence-electron chi connectivity index (χ2n) is 7.70. The summed E-state index contributed by atoms with van der Waals surface area (Å²) in [5.74, 6) is -0.602. The lowest BCUT2D eigenvalue weighted by Crippen LogP contribution is -2.21. The number of carbonyl (C=O) groups is 2. The van der Waals surface area contributed by atoms with Gasteiger partial charge in [-0.2, -0.15) is 0 Å². The molecule has 0 aromatic heterocycles. The van der Waals surface area contributed by atoms with Gasteiger partial charge in [0, 0.05) is 11.6 Å². The first-order valence-corrected chi connectivity index (χ1v) is 10.5.